The first-order chi connectivity index (χ1) is 13.6. The molecule has 0 fully saturated rings. The summed E-state index contributed by atoms with van der Waals surface area (Å²) in [5.41, 5.74) is 3.74. The maximum atomic E-state index is 12.7. The summed E-state index contributed by atoms with van der Waals surface area (Å²) in [6, 6.07) is 10.1. The molecular weight excluding hydrogens is 352 g/mol. The first kappa shape index (κ1) is 19.7. The van der Waals surface area contributed by atoms with E-state index < -0.39 is 0 Å². The molecule has 6 nitrogen and oxygen atoms in total. The van der Waals surface area contributed by atoms with Gasteiger partial charge in [-0.3, -0.25) is 0 Å². The van der Waals surface area contributed by atoms with Crippen LogP contribution in [-0.4, -0.2) is 27.0 Å². The Hall–Kier alpha value is -3.02. The van der Waals surface area contributed by atoms with E-state index in [1.165, 1.54) is 16.7 Å². The third kappa shape index (κ3) is 5.03. The minimum absolute atomic E-state index is 0.112. The van der Waals surface area contributed by atoms with Gasteiger partial charge in [0.2, 0.25) is 0 Å². The van der Waals surface area contributed by atoms with Gasteiger partial charge in [0.15, 0.2) is 0 Å². The molecule has 0 atom stereocenters. The number of aryl methyl sites for hydroxylation is 2. The highest BCUT2D eigenvalue weighted by Gasteiger charge is 2.18. The van der Waals surface area contributed by atoms with Gasteiger partial charge in [-0.2, -0.15) is 0 Å². The van der Waals surface area contributed by atoms with Crippen molar-refractivity contribution in [3.05, 3.63) is 77.3 Å². The molecule has 0 bridgehead atoms. The molecule has 2 amide bonds. The van der Waals surface area contributed by atoms with Crippen molar-refractivity contribution in [1.82, 2.24) is 19.8 Å². The number of carbonyl (C=O) groups is 1. The minimum atomic E-state index is -0.112. The normalized spacial score (nSPS) is 10.8. The molecule has 28 heavy (non-hydrogen) atoms. The second kappa shape index (κ2) is 9.26. The number of hydrogen-bond donors (Lipinski definition) is 1. The molecule has 6 heteroatoms. The Bertz CT molecular complexity index is 899. The number of nitrogens with zero attached hydrogens (tertiary/aromatic N) is 3. The molecule has 2 heterocycles. The van der Waals surface area contributed by atoms with Crippen LogP contribution in [0.15, 0.2) is 53.4 Å². The van der Waals surface area contributed by atoms with Crippen molar-refractivity contribution in [2.75, 3.05) is 6.54 Å². The van der Waals surface area contributed by atoms with E-state index >= 15 is 0 Å². The average Bonchev–Trinajstić information content (AvgIpc) is 3.34. The van der Waals surface area contributed by atoms with Gasteiger partial charge in [0, 0.05) is 25.5 Å². The van der Waals surface area contributed by atoms with Gasteiger partial charge >= 0.3 is 6.03 Å². The van der Waals surface area contributed by atoms with E-state index in [-0.39, 0.29) is 6.03 Å². The molecule has 0 spiro atoms. The predicted molar refractivity (Wildman–Crippen MR) is 109 cm³/mol. The monoisotopic (exact) mass is 380 g/mol. The van der Waals surface area contributed by atoms with Crippen LogP contribution in [0.5, 0.6) is 0 Å². The lowest BCUT2D eigenvalue weighted by Crippen LogP contribution is -2.40. The van der Waals surface area contributed by atoms with Crippen molar-refractivity contribution < 1.29 is 9.21 Å². The average molecular weight is 380 g/mol. The van der Waals surface area contributed by atoms with Gasteiger partial charge in [-0.15, -0.1) is 0 Å². The number of furan rings is 1. The Balaban J connectivity index is 1.78. The zero-order valence-corrected chi connectivity index (χ0v) is 16.8. The second-order valence-corrected chi connectivity index (χ2v) is 7.07. The van der Waals surface area contributed by atoms with Gasteiger partial charge in [-0.1, -0.05) is 30.7 Å². The number of nitrogens with one attached hydrogen (secondary N) is 1. The lowest BCUT2D eigenvalue weighted by Gasteiger charge is -2.22. The molecule has 0 saturated carbocycles. The number of hydrogen-bond acceptors (Lipinski definition) is 3. The number of carbonyl (C=O) groups excluding carboxylic acids is 1. The predicted octanol–water partition coefficient (Wildman–Crippen LogP) is 4.26. The fourth-order valence-corrected chi connectivity index (χ4v) is 3.09. The first-order valence-electron chi connectivity index (χ1n) is 9.68. The van der Waals surface area contributed by atoms with Crippen LogP contribution in [0.25, 0.3) is 0 Å². The molecule has 3 aromatic rings. The fourth-order valence-electron chi connectivity index (χ4n) is 3.09. The van der Waals surface area contributed by atoms with E-state index in [1.807, 2.05) is 25.3 Å². The van der Waals surface area contributed by atoms with Crippen LogP contribution in [0.4, 0.5) is 4.79 Å². The van der Waals surface area contributed by atoms with Crippen LogP contribution in [-0.2, 0) is 19.6 Å². The highest BCUT2D eigenvalue weighted by atomic mass is 16.3. The zero-order chi connectivity index (χ0) is 19.9. The third-order valence-corrected chi connectivity index (χ3v) is 4.72. The van der Waals surface area contributed by atoms with Crippen LogP contribution in [0, 0.1) is 13.8 Å². The van der Waals surface area contributed by atoms with E-state index in [2.05, 4.69) is 46.9 Å². The molecule has 2 aromatic heterocycles. The minimum Gasteiger partial charge on any atom is -0.467 e. The molecule has 1 aromatic carbocycles. The molecule has 0 aliphatic rings. The Morgan fingerprint density at radius 1 is 1.25 bits per heavy atom. The molecule has 1 N–H and O–H groups in total. The summed E-state index contributed by atoms with van der Waals surface area (Å²) in [5, 5.41) is 2.95. The van der Waals surface area contributed by atoms with Crippen molar-refractivity contribution in [3.63, 3.8) is 0 Å². The van der Waals surface area contributed by atoms with Crippen LogP contribution in [0.2, 0.25) is 0 Å². The number of benzene rings is 1. The molecule has 0 aliphatic carbocycles. The lowest BCUT2D eigenvalue weighted by atomic mass is 10.1. The Morgan fingerprint density at radius 2 is 2.11 bits per heavy atom. The van der Waals surface area contributed by atoms with E-state index in [0.29, 0.717) is 19.6 Å². The summed E-state index contributed by atoms with van der Waals surface area (Å²) in [7, 11) is 0. The zero-order valence-electron chi connectivity index (χ0n) is 16.8. The summed E-state index contributed by atoms with van der Waals surface area (Å²) >= 11 is 0. The highest BCUT2D eigenvalue weighted by molar-refractivity contribution is 5.74. The van der Waals surface area contributed by atoms with Gasteiger partial charge in [-0.25, -0.2) is 9.78 Å². The van der Waals surface area contributed by atoms with E-state index in [4.69, 9.17) is 4.42 Å². The highest BCUT2D eigenvalue weighted by Crippen LogP contribution is 2.15. The quantitative estimate of drug-likeness (QED) is 0.635. The summed E-state index contributed by atoms with van der Waals surface area (Å²) in [5.74, 6) is 1.60. The van der Waals surface area contributed by atoms with Crippen molar-refractivity contribution in [2.24, 2.45) is 0 Å². The summed E-state index contributed by atoms with van der Waals surface area (Å²) in [4.78, 5) is 18.9. The lowest BCUT2D eigenvalue weighted by molar-refractivity contribution is 0.185. The maximum absolute atomic E-state index is 12.7. The summed E-state index contributed by atoms with van der Waals surface area (Å²) in [6.45, 7) is 8.44. The van der Waals surface area contributed by atoms with Crippen molar-refractivity contribution in [1.29, 1.82) is 0 Å². The molecule has 0 unspecified atom stereocenters. The van der Waals surface area contributed by atoms with E-state index in [0.717, 1.165) is 24.6 Å². The van der Waals surface area contributed by atoms with Crippen molar-refractivity contribution >= 4 is 6.03 Å². The number of urea groups is 1. The van der Waals surface area contributed by atoms with Gasteiger partial charge in [-0.05, 0) is 43.5 Å². The number of aromatic nitrogens is 2. The molecule has 3 rings (SSSR count). The van der Waals surface area contributed by atoms with Crippen LogP contribution < -0.4 is 5.32 Å². The number of rotatable bonds is 8. The topological polar surface area (TPSA) is 63.3 Å². The van der Waals surface area contributed by atoms with Gasteiger partial charge in [0.25, 0.3) is 0 Å². The van der Waals surface area contributed by atoms with Crippen LogP contribution in [0.1, 0.15) is 41.6 Å². The van der Waals surface area contributed by atoms with Crippen molar-refractivity contribution in [2.45, 2.75) is 46.8 Å². The van der Waals surface area contributed by atoms with Gasteiger partial charge in [0.05, 0.1) is 19.4 Å². The molecular formula is C22H28N4O2. The maximum Gasteiger partial charge on any atom is 0.318 e. The van der Waals surface area contributed by atoms with Crippen LogP contribution >= 0.6 is 0 Å². The molecule has 0 aliphatic heterocycles. The standard InChI is InChI=1S/C22H28N4O2/c1-4-9-24-22(27)26(15-20-6-5-12-28-20)16-21-23-10-11-25(21)14-19-13-17(2)7-8-18(19)3/h5-8,10-13H,4,9,14-16H2,1-3H3,(H,24,27). The largest absolute Gasteiger partial charge is 0.467 e. The molecule has 0 radical (unpaired) electrons. The van der Waals surface area contributed by atoms with Gasteiger partial charge < -0.3 is 19.2 Å². The summed E-state index contributed by atoms with van der Waals surface area (Å²) < 4.78 is 7.54. The van der Waals surface area contributed by atoms with E-state index in [9.17, 15) is 4.79 Å². The first-order valence-corrected chi connectivity index (χ1v) is 9.68. The Kier molecular flexibility index (Phi) is 6.53. The Morgan fingerprint density at radius 3 is 2.86 bits per heavy atom. The SMILES string of the molecule is CCCNC(=O)N(Cc1ccco1)Cc1nccn1Cc1cc(C)ccc1C. The summed E-state index contributed by atoms with van der Waals surface area (Å²) in [6.07, 6.45) is 6.27. The smallest absolute Gasteiger partial charge is 0.318 e. The molecule has 0 saturated heterocycles. The second-order valence-electron chi connectivity index (χ2n) is 7.07. The van der Waals surface area contributed by atoms with Gasteiger partial charge in [0.1, 0.15) is 11.6 Å². The number of amides is 2. The fraction of sp³-hybridized carbons (Fsp3) is 0.364. The molecule has 148 valence electrons. The van der Waals surface area contributed by atoms with E-state index in [1.54, 1.807) is 17.4 Å². The Labute approximate surface area is 166 Å². The van der Waals surface area contributed by atoms with Crippen molar-refractivity contribution in [3.8, 4) is 0 Å². The van der Waals surface area contributed by atoms with Crippen LogP contribution in [0.3, 0.4) is 0 Å². The number of imidazole rings is 1. The third-order valence-electron chi connectivity index (χ3n) is 4.72.